The van der Waals surface area contributed by atoms with Crippen LogP contribution in [0.25, 0.3) is 16.5 Å². The molecule has 0 aliphatic rings. The molecular weight excluding hydrogens is 392 g/mol. The normalized spacial score (nSPS) is 11.2. The lowest BCUT2D eigenvalue weighted by atomic mass is 10.1. The van der Waals surface area contributed by atoms with E-state index in [2.05, 4.69) is 4.99 Å². The van der Waals surface area contributed by atoms with Gasteiger partial charge in [0.2, 0.25) is 5.88 Å². The average Bonchev–Trinajstić information content (AvgIpc) is 2.79. The molecule has 1 heterocycles. The molecule has 0 spiro atoms. The fourth-order valence-corrected chi connectivity index (χ4v) is 3.53. The maximum absolute atomic E-state index is 13.2. The number of hydrogen-bond acceptors (Lipinski definition) is 5. The lowest BCUT2D eigenvalue weighted by Gasteiger charge is -2.14. The minimum Gasteiger partial charge on any atom is -0.497 e. The van der Waals surface area contributed by atoms with E-state index in [1.165, 1.54) is 4.57 Å². The predicted octanol–water partition coefficient (Wildman–Crippen LogP) is 4.77. The number of methoxy groups -OCH3 is 2. The number of aromatic hydroxyl groups is 1. The zero-order chi connectivity index (χ0) is 22.0. The predicted molar refractivity (Wildman–Crippen MR) is 123 cm³/mol. The van der Waals surface area contributed by atoms with Crippen molar-refractivity contribution in [2.24, 2.45) is 4.99 Å². The van der Waals surface area contributed by atoms with E-state index < -0.39 is 0 Å². The second-order valence-corrected chi connectivity index (χ2v) is 7.06. The van der Waals surface area contributed by atoms with E-state index in [0.717, 1.165) is 5.56 Å². The Morgan fingerprint density at radius 1 is 0.935 bits per heavy atom. The smallest absolute Gasteiger partial charge is 0.265 e. The minimum absolute atomic E-state index is 0.181. The number of aliphatic imine (C=N–C) groups is 1. The second-order valence-electron chi connectivity index (χ2n) is 7.06. The molecule has 0 aliphatic carbocycles. The van der Waals surface area contributed by atoms with Gasteiger partial charge in [-0.05, 0) is 42.8 Å². The van der Waals surface area contributed by atoms with Crippen molar-refractivity contribution in [2.45, 2.75) is 6.92 Å². The average molecular weight is 414 g/mol. The van der Waals surface area contributed by atoms with Crippen molar-refractivity contribution in [3.8, 4) is 23.1 Å². The summed E-state index contributed by atoms with van der Waals surface area (Å²) in [6, 6.07) is 19.9. The van der Waals surface area contributed by atoms with Crippen molar-refractivity contribution in [3.63, 3.8) is 0 Å². The molecule has 0 unspecified atom stereocenters. The van der Waals surface area contributed by atoms with E-state index in [-0.39, 0.29) is 11.4 Å². The summed E-state index contributed by atoms with van der Waals surface area (Å²) in [4.78, 5) is 17.7. The number of pyridine rings is 1. The number of aromatic nitrogens is 1. The molecule has 156 valence electrons. The Hall–Kier alpha value is -4.06. The molecule has 31 heavy (non-hydrogen) atoms. The maximum atomic E-state index is 13.2. The van der Waals surface area contributed by atoms with Gasteiger partial charge in [0, 0.05) is 23.1 Å². The van der Waals surface area contributed by atoms with Gasteiger partial charge < -0.3 is 14.6 Å². The van der Waals surface area contributed by atoms with Gasteiger partial charge in [0.25, 0.3) is 5.56 Å². The Morgan fingerprint density at radius 2 is 1.71 bits per heavy atom. The lowest BCUT2D eigenvalue weighted by molar-refractivity contribution is 0.404. The molecule has 0 saturated carbocycles. The van der Waals surface area contributed by atoms with Gasteiger partial charge in [-0.15, -0.1) is 0 Å². The van der Waals surface area contributed by atoms with Gasteiger partial charge in [0.1, 0.15) is 17.2 Å². The fourth-order valence-electron chi connectivity index (χ4n) is 3.53. The Bertz CT molecular complexity index is 1360. The highest BCUT2D eigenvalue weighted by Gasteiger charge is 2.16. The van der Waals surface area contributed by atoms with Crippen molar-refractivity contribution in [3.05, 3.63) is 88.2 Å². The fraction of sp³-hybridized carbons (Fsp3) is 0.120. The molecule has 0 atom stereocenters. The summed E-state index contributed by atoms with van der Waals surface area (Å²) in [5, 5.41) is 12.2. The van der Waals surface area contributed by atoms with Crippen LogP contribution in [-0.4, -0.2) is 30.1 Å². The van der Waals surface area contributed by atoms with Crippen molar-refractivity contribution in [1.29, 1.82) is 0 Å². The molecule has 6 heteroatoms. The Kier molecular flexibility index (Phi) is 5.45. The number of ether oxygens (including phenoxy) is 2. The lowest BCUT2D eigenvalue weighted by Crippen LogP contribution is -2.20. The molecule has 6 nitrogen and oxygen atoms in total. The summed E-state index contributed by atoms with van der Waals surface area (Å²) in [5.41, 5.74) is 2.24. The van der Waals surface area contributed by atoms with Crippen LogP contribution < -0.4 is 15.0 Å². The van der Waals surface area contributed by atoms with Crippen molar-refractivity contribution in [2.75, 3.05) is 14.2 Å². The summed E-state index contributed by atoms with van der Waals surface area (Å²) in [5.74, 6) is 1.01. The van der Waals surface area contributed by atoms with Crippen LogP contribution in [0.4, 0.5) is 5.69 Å². The number of rotatable bonds is 5. The van der Waals surface area contributed by atoms with Gasteiger partial charge in [-0.3, -0.25) is 9.79 Å². The molecule has 1 N–H and O–H groups in total. The summed E-state index contributed by atoms with van der Waals surface area (Å²) in [6.07, 6.45) is 1.54. The number of nitrogens with zero attached hydrogens (tertiary/aromatic N) is 2. The molecular formula is C25H22N2O4. The van der Waals surface area contributed by atoms with E-state index in [4.69, 9.17) is 9.47 Å². The number of fused-ring (bicyclic) bond motifs is 1. The van der Waals surface area contributed by atoms with Gasteiger partial charge in [-0.1, -0.05) is 30.3 Å². The van der Waals surface area contributed by atoms with E-state index in [1.807, 2.05) is 31.2 Å². The van der Waals surface area contributed by atoms with Gasteiger partial charge in [-0.2, -0.15) is 0 Å². The second kappa shape index (κ2) is 8.36. The Morgan fingerprint density at radius 3 is 2.42 bits per heavy atom. The molecule has 0 radical (unpaired) electrons. The molecule has 3 aromatic carbocycles. The maximum Gasteiger partial charge on any atom is 0.265 e. The number of hydrogen-bond donors (Lipinski definition) is 1. The van der Waals surface area contributed by atoms with Crippen LogP contribution in [-0.2, 0) is 0 Å². The van der Waals surface area contributed by atoms with Gasteiger partial charge in [-0.25, -0.2) is 4.57 Å². The zero-order valence-electron chi connectivity index (χ0n) is 17.5. The van der Waals surface area contributed by atoms with Crippen molar-refractivity contribution < 1.29 is 14.6 Å². The highest BCUT2D eigenvalue weighted by atomic mass is 16.5. The van der Waals surface area contributed by atoms with Crippen LogP contribution in [0.2, 0.25) is 0 Å². The van der Waals surface area contributed by atoms with Gasteiger partial charge in [0.15, 0.2) is 0 Å². The first kappa shape index (κ1) is 20.2. The molecule has 0 aliphatic heterocycles. The summed E-state index contributed by atoms with van der Waals surface area (Å²) >= 11 is 0. The third-order valence-electron chi connectivity index (χ3n) is 5.08. The summed E-state index contributed by atoms with van der Waals surface area (Å²) in [7, 11) is 3.14. The standard InChI is InChI=1S/C25H22N2O4/c1-16-7-6-8-17(13-16)27-24(28)20-10-5-4-9-19(20)21(25(27)29)15-26-22-14-18(30-2)11-12-23(22)31-3/h4-15,29H,1-3H3. The highest BCUT2D eigenvalue weighted by Crippen LogP contribution is 2.32. The molecule has 4 rings (SSSR count). The summed E-state index contributed by atoms with van der Waals surface area (Å²) < 4.78 is 12.0. The number of benzene rings is 3. The summed E-state index contributed by atoms with van der Waals surface area (Å²) in [6.45, 7) is 1.93. The Balaban J connectivity index is 1.97. The Labute approximate surface area is 179 Å². The van der Waals surface area contributed by atoms with Gasteiger partial charge >= 0.3 is 0 Å². The quantitative estimate of drug-likeness (QED) is 0.477. The van der Waals surface area contributed by atoms with Gasteiger partial charge in [0.05, 0.1) is 25.5 Å². The minimum atomic E-state index is -0.296. The van der Waals surface area contributed by atoms with Crippen molar-refractivity contribution >= 4 is 22.7 Å². The SMILES string of the molecule is COc1ccc(OC)c(N=Cc2c(O)n(-c3cccc(C)c3)c(=O)c3ccccc23)c1. The van der Waals surface area contributed by atoms with Crippen LogP contribution in [0.5, 0.6) is 17.4 Å². The third kappa shape index (κ3) is 3.75. The largest absolute Gasteiger partial charge is 0.497 e. The first-order chi connectivity index (χ1) is 15.0. The molecule has 1 aromatic heterocycles. The zero-order valence-corrected chi connectivity index (χ0v) is 17.5. The van der Waals surface area contributed by atoms with Crippen molar-refractivity contribution in [1.82, 2.24) is 4.57 Å². The van der Waals surface area contributed by atoms with E-state index in [9.17, 15) is 9.90 Å². The molecule has 0 bridgehead atoms. The molecule has 0 saturated heterocycles. The third-order valence-corrected chi connectivity index (χ3v) is 5.08. The topological polar surface area (TPSA) is 73.0 Å². The van der Waals surface area contributed by atoms with Crippen LogP contribution >= 0.6 is 0 Å². The molecule has 0 fully saturated rings. The van der Waals surface area contributed by atoms with Crippen LogP contribution in [0.3, 0.4) is 0 Å². The highest BCUT2D eigenvalue weighted by molar-refractivity contribution is 6.02. The molecule has 4 aromatic rings. The van der Waals surface area contributed by atoms with E-state index in [1.54, 1.807) is 62.9 Å². The molecule has 0 amide bonds. The van der Waals surface area contributed by atoms with E-state index in [0.29, 0.717) is 39.2 Å². The van der Waals surface area contributed by atoms with Crippen LogP contribution in [0.15, 0.2) is 76.5 Å². The van der Waals surface area contributed by atoms with Crippen LogP contribution in [0.1, 0.15) is 11.1 Å². The van der Waals surface area contributed by atoms with E-state index >= 15 is 0 Å². The monoisotopic (exact) mass is 414 g/mol. The number of aryl methyl sites for hydroxylation is 1. The van der Waals surface area contributed by atoms with Crippen LogP contribution in [0, 0.1) is 6.92 Å². The first-order valence-electron chi connectivity index (χ1n) is 9.73. The first-order valence-corrected chi connectivity index (χ1v) is 9.73.